The zero-order valence-corrected chi connectivity index (χ0v) is 13.0. The summed E-state index contributed by atoms with van der Waals surface area (Å²) < 4.78 is 0.683. The van der Waals surface area contributed by atoms with Crippen LogP contribution in [-0.4, -0.2) is 23.0 Å². The Kier molecular flexibility index (Phi) is 5.82. The summed E-state index contributed by atoms with van der Waals surface area (Å²) in [4.78, 5) is 23.1. The number of carboxylic acid groups (broad SMARTS) is 1. The van der Waals surface area contributed by atoms with Crippen molar-refractivity contribution in [2.45, 2.75) is 26.3 Å². The highest BCUT2D eigenvalue weighted by molar-refractivity contribution is 9.10. The Hall–Kier alpha value is -1.07. The lowest BCUT2D eigenvalue weighted by molar-refractivity contribution is -0.140. The zero-order chi connectivity index (χ0) is 14.6. The molecule has 1 aromatic carbocycles. The average Bonchev–Trinajstić information content (AvgIpc) is 2.37. The van der Waals surface area contributed by atoms with Crippen molar-refractivity contribution >= 4 is 39.4 Å². The van der Waals surface area contributed by atoms with Crippen molar-refractivity contribution < 1.29 is 14.7 Å². The van der Waals surface area contributed by atoms with Crippen LogP contribution < -0.4 is 5.32 Å². The van der Waals surface area contributed by atoms with Crippen LogP contribution in [0, 0.1) is 5.92 Å². The summed E-state index contributed by atoms with van der Waals surface area (Å²) in [7, 11) is 0. The third-order valence-corrected chi connectivity index (χ3v) is 4.18. The maximum absolute atomic E-state index is 12.0. The molecule has 4 nitrogen and oxygen atoms in total. The molecule has 19 heavy (non-hydrogen) atoms. The average molecular weight is 349 g/mol. The van der Waals surface area contributed by atoms with Gasteiger partial charge >= 0.3 is 5.97 Å². The van der Waals surface area contributed by atoms with Crippen LogP contribution in [0.5, 0.6) is 0 Å². The highest BCUT2D eigenvalue weighted by Gasteiger charge is 2.25. The highest BCUT2D eigenvalue weighted by atomic mass is 79.9. The molecule has 2 unspecified atom stereocenters. The van der Waals surface area contributed by atoms with E-state index in [1.54, 1.807) is 19.1 Å². The normalized spacial score (nSPS) is 13.7. The fraction of sp³-hybridized carbons (Fsp3) is 0.385. The number of amides is 1. The van der Waals surface area contributed by atoms with Gasteiger partial charge < -0.3 is 10.4 Å². The monoisotopic (exact) mass is 347 g/mol. The molecule has 0 bridgehead atoms. The first-order valence-electron chi connectivity index (χ1n) is 5.85. The number of hydrogen-bond donors (Lipinski definition) is 2. The third kappa shape index (κ3) is 4.21. The van der Waals surface area contributed by atoms with E-state index in [0.717, 1.165) is 0 Å². The number of aliphatic carboxylic acids is 1. The van der Waals surface area contributed by atoms with Gasteiger partial charge in [-0.2, -0.15) is 0 Å². The molecule has 1 amide bonds. The highest BCUT2D eigenvalue weighted by Crippen LogP contribution is 2.23. The van der Waals surface area contributed by atoms with Crippen LogP contribution in [0.4, 0.5) is 0 Å². The summed E-state index contributed by atoms with van der Waals surface area (Å²) in [5.41, 5.74) is 0.336. The Morgan fingerprint density at radius 2 is 2.11 bits per heavy atom. The summed E-state index contributed by atoms with van der Waals surface area (Å²) in [6.45, 7) is 3.66. The molecule has 0 saturated carbocycles. The van der Waals surface area contributed by atoms with E-state index in [0.29, 0.717) is 21.5 Å². The Bertz CT molecular complexity index is 493. The van der Waals surface area contributed by atoms with E-state index in [1.165, 1.54) is 6.07 Å². The number of hydrogen-bond acceptors (Lipinski definition) is 2. The number of carbonyl (C=O) groups excluding carboxylic acids is 1. The van der Waals surface area contributed by atoms with E-state index < -0.39 is 17.9 Å². The second-order valence-electron chi connectivity index (χ2n) is 4.30. The van der Waals surface area contributed by atoms with E-state index in [2.05, 4.69) is 21.2 Å². The molecule has 0 spiro atoms. The maximum Gasteiger partial charge on any atom is 0.326 e. The second-order valence-corrected chi connectivity index (χ2v) is 5.57. The quantitative estimate of drug-likeness (QED) is 0.857. The van der Waals surface area contributed by atoms with Crippen molar-refractivity contribution in [2.24, 2.45) is 5.92 Å². The molecule has 0 aliphatic heterocycles. The number of carboxylic acids is 1. The molecule has 0 radical (unpaired) electrons. The zero-order valence-electron chi connectivity index (χ0n) is 10.6. The Balaban J connectivity index is 2.87. The van der Waals surface area contributed by atoms with Gasteiger partial charge in [0.1, 0.15) is 6.04 Å². The number of halogens is 2. The Labute approximate surface area is 125 Å². The van der Waals surface area contributed by atoms with Gasteiger partial charge in [0.15, 0.2) is 0 Å². The van der Waals surface area contributed by atoms with Crippen molar-refractivity contribution in [3.8, 4) is 0 Å². The third-order valence-electron chi connectivity index (χ3n) is 2.95. The standard InChI is InChI=1S/C13H15BrClNO3/c1-3-7(2)11(13(18)19)16-12(17)8-4-5-9(14)10(15)6-8/h4-7,11H,3H2,1-2H3,(H,16,17)(H,18,19). The van der Waals surface area contributed by atoms with Crippen molar-refractivity contribution in [2.75, 3.05) is 0 Å². The summed E-state index contributed by atoms with van der Waals surface area (Å²) in [6, 6.07) is 3.83. The van der Waals surface area contributed by atoms with E-state index >= 15 is 0 Å². The Morgan fingerprint density at radius 3 is 2.58 bits per heavy atom. The van der Waals surface area contributed by atoms with Gasteiger partial charge in [0.25, 0.3) is 5.91 Å². The van der Waals surface area contributed by atoms with Crippen molar-refractivity contribution in [3.05, 3.63) is 33.3 Å². The summed E-state index contributed by atoms with van der Waals surface area (Å²) in [5, 5.41) is 12.0. The van der Waals surface area contributed by atoms with Crippen molar-refractivity contribution in [3.63, 3.8) is 0 Å². The first-order valence-corrected chi connectivity index (χ1v) is 7.02. The van der Waals surface area contributed by atoms with Crippen molar-refractivity contribution in [1.82, 2.24) is 5.32 Å². The predicted octanol–water partition coefficient (Wildman–Crippen LogP) is 3.33. The Morgan fingerprint density at radius 1 is 1.47 bits per heavy atom. The molecule has 0 heterocycles. The molecule has 0 aliphatic carbocycles. The van der Waals surface area contributed by atoms with Crippen LogP contribution in [0.1, 0.15) is 30.6 Å². The van der Waals surface area contributed by atoms with E-state index in [4.69, 9.17) is 16.7 Å². The number of rotatable bonds is 5. The summed E-state index contributed by atoms with van der Waals surface area (Å²) in [5.74, 6) is -1.62. The summed E-state index contributed by atoms with van der Waals surface area (Å²) in [6.07, 6.45) is 0.665. The van der Waals surface area contributed by atoms with Gasteiger partial charge in [-0.05, 0) is 40.0 Å². The molecule has 1 aromatic rings. The summed E-state index contributed by atoms with van der Waals surface area (Å²) >= 11 is 9.13. The second kappa shape index (κ2) is 6.91. The molecule has 0 saturated heterocycles. The smallest absolute Gasteiger partial charge is 0.326 e. The lowest BCUT2D eigenvalue weighted by atomic mass is 9.99. The molecule has 1 rings (SSSR count). The van der Waals surface area contributed by atoms with Crippen molar-refractivity contribution in [1.29, 1.82) is 0 Å². The first-order chi connectivity index (χ1) is 8.86. The van der Waals surface area contributed by atoms with Gasteiger partial charge in [0.2, 0.25) is 0 Å². The first kappa shape index (κ1) is 16.0. The van der Waals surface area contributed by atoms with Crippen LogP contribution in [0.25, 0.3) is 0 Å². The van der Waals surface area contributed by atoms with Gasteiger partial charge in [-0.15, -0.1) is 0 Å². The minimum Gasteiger partial charge on any atom is -0.480 e. The molecule has 0 aliphatic rings. The predicted molar refractivity (Wildman–Crippen MR) is 77.5 cm³/mol. The number of nitrogens with one attached hydrogen (secondary N) is 1. The lowest BCUT2D eigenvalue weighted by Crippen LogP contribution is -2.45. The number of benzene rings is 1. The maximum atomic E-state index is 12.0. The molecule has 2 atom stereocenters. The van der Waals surface area contributed by atoms with Crippen LogP contribution >= 0.6 is 27.5 Å². The van der Waals surface area contributed by atoms with Crippen LogP contribution in [0.3, 0.4) is 0 Å². The van der Waals surface area contributed by atoms with E-state index in [9.17, 15) is 9.59 Å². The van der Waals surface area contributed by atoms with Gasteiger partial charge in [0, 0.05) is 10.0 Å². The number of carbonyl (C=O) groups is 2. The minimum atomic E-state index is -1.04. The van der Waals surface area contributed by atoms with Gasteiger partial charge in [-0.25, -0.2) is 4.79 Å². The SMILES string of the molecule is CCC(C)C(NC(=O)c1ccc(Br)c(Cl)c1)C(=O)O. The van der Waals surface area contributed by atoms with Gasteiger partial charge in [0.05, 0.1) is 5.02 Å². The molecule has 2 N–H and O–H groups in total. The molecule has 6 heteroatoms. The van der Waals surface area contributed by atoms with Crippen LogP contribution in [-0.2, 0) is 4.79 Å². The van der Waals surface area contributed by atoms with E-state index in [-0.39, 0.29) is 5.92 Å². The lowest BCUT2D eigenvalue weighted by Gasteiger charge is -2.20. The van der Waals surface area contributed by atoms with E-state index in [1.807, 2.05) is 6.92 Å². The van der Waals surface area contributed by atoms with Crippen LogP contribution in [0.2, 0.25) is 5.02 Å². The fourth-order valence-corrected chi connectivity index (χ4v) is 1.97. The van der Waals surface area contributed by atoms with Gasteiger partial charge in [-0.3, -0.25) is 4.79 Å². The fourth-order valence-electron chi connectivity index (χ4n) is 1.55. The molecule has 0 aromatic heterocycles. The van der Waals surface area contributed by atoms with Gasteiger partial charge in [-0.1, -0.05) is 31.9 Å². The molecular weight excluding hydrogens is 334 g/mol. The molecule has 104 valence electrons. The topological polar surface area (TPSA) is 66.4 Å². The minimum absolute atomic E-state index is 0.146. The molecule has 0 fully saturated rings. The largest absolute Gasteiger partial charge is 0.480 e. The van der Waals surface area contributed by atoms with Crippen LogP contribution in [0.15, 0.2) is 22.7 Å². The molecular formula is C13H15BrClNO3.